The van der Waals surface area contributed by atoms with Crippen molar-refractivity contribution < 1.29 is 14.4 Å². The number of amides is 4. The lowest BCUT2D eigenvalue weighted by Gasteiger charge is -2.31. The summed E-state index contributed by atoms with van der Waals surface area (Å²) in [5, 5.41) is 5.59. The Morgan fingerprint density at radius 1 is 1.29 bits per heavy atom. The fourth-order valence-electron chi connectivity index (χ4n) is 3.53. The Morgan fingerprint density at radius 3 is 2.36 bits per heavy atom. The van der Waals surface area contributed by atoms with Gasteiger partial charge in [-0.15, -0.1) is 12.4 Å². The number of hydrogen-bond donors (Lipinski definition) is 3. The van der Waals surface area contributed by atoms with Crippen molar-refractivity contribution in [2.75, 3.05) is 13.1 Å². The molecule has 1 aliphatic rings. The molecule has 4 N–H and O–H groups in total. The van der Waals surface area contributed by atoms with Gasteiger partial charge in [-0.1, -0.05) is 43.7 Å². The van der Waals surface area contributed by atoms with E-state index in [1.54, 1.807) is 6.92 Å². The number of benzene rings is 1. The zero-order valence-corrected chi connectivity index (χ0v) is 18.0. The van der Waals surface area contributed by atoms with Crippen LogP contribution in [0.2, 0.25) is 0 Å². The molecule has 8 heteroatoms. The molecule has 0 bridgehead atoms. The summed E-state index contributed by atoms with van der Waals surface area (Å²) in [7, 11) is 0. The molecule has 4 amide bonds. The molecule has 1 heterocycles. The van der Waals surface area contributed by atoms with Crippen LogP contribution in [0.1, 0.15) is 45.2 Å². The van der Waals surface area contributed by atoms with Crippen LogP contribution >= 0.6 is 12.4 Å². The third kappa shape index (κ3) is 5.02. The minimum atomic E-state index is -1.18. The molecule has 2 atom stereocenters. The number of carbonyl (C=O) groups excluding carboxylic acids is 3. The zero-order valence-electron chi connectivity index (χ0n) is 17.2. The van der Waals surface area contributed by atoms with E-state index in [1.165, 1.54) is 0 Å². The van der Waals surface area contributed by atoms with Gasteiger partial charge in [-0.3, -0.25) is 14.5 Å². The van der Waals surface area contributed by atoms with Crippen molar-refractivity contribution in [3.8, 4) is 0 Å². The van der Waals surface area contributed by atoms with E-state index in [-0.39, 0.29) is 25.5 Å². The number of nitrogens with one attached hydrogen (secondary N) is 2. The third-order valence-corrected chi connectivity index (χ3v) is 4.96. The van der Waals surface area contributed by atoms with Crippen molar-refractivity contribution in [1.29, 1.82) is 0 Å². The van der Waals surface area contributed by atoms with Crippen molar-refractivity contribution in [2.45, 2.75) is 52.1 Å². The summed E-state index contributed by atoms with van der Waals surface area (Å²) in [4.78, 5) is 38.7. The average Bonchev–Trinajstić information content (AvgIpc) is 2.78. The Hall–Kier alpha value is -2.12. The Labute approximate surface area is 172 Å². The van der Waals surface area contributed by atoms with E-state index >= 15 is 0 Å². The second kappa shape index (κ2) is 8.92. The number of halogens is 1. The second-order valence-electron chi connectivity index (χ2n) is 8.22. The van der Waals surface area contributed by atoms with Gasteiger partial charge in [0.15, 0.2) is 0 Å². The molecule has 1 saturated heterocycles. The van der Waals surface area contributed by atoms with Crippen LogP contribution in [0.5, 0.6) is 0 Å². The van der Waals surface area contributed by atoms with Gasteiger partial charge in [0.2, 0.25) is 5.91 Å². The van der Waals surface area contributed by atoms with Gasteiger partial charge < -0.3 is 16.4 Å². The molecule has 1 aliphatic heterocycles. The van der Waals surface area contributed by atoms with Crippen molar-refractivity contribution in [2.24, 2.45) is 11.7 Å². The van der Waals surface area contributed by atoms with E-state index < -0.39 is 28.9 Å². The monoisotopic (exact) mass is 410 g/mol. The number of carbonyl (C=O) groups is 3. The van der Waals surface area contributed by atoms with Crippen molar-refractivity contribution in [3.63, 3.8) is 0 Å². The number of urea groups is 1. The molecule has 0 saturated carbocycles. The molecule has 0 radical (unpaired) electrons. The molecule has 1 fully saturated rings. The van der Waals surface area contributed by atoms with E-state index in [0.29, 0.717) is 17.9 Å². The number of rotatable bonds is 7. The normalized spacial score (nSPS) is 21.2. The fourth-order valence-corrected chi connectivity index (χ4v) is 3.53. The van der Waals surface area contributed by atoms with Gasteiger partial charge >= 0.3 is 6.03 Å². The molecule has 7 nitrogen and oxygen atoms in total. The maximum Gasteiger partial charge on any atom is 0.325 e. The second-order valence-corrected chi connectivity index (χ2v) is 8.22. The van der Waals surface area contributed by atoms with Crippen LogP contribution in [-0.4, -0.2) is 41.4 Å². The first-order chi connectivity index (χ1) is 12.5. The lowest BCUT2D eigenvalue weighted by Crippen LogP contribution is -2.55. The standard InChI is InChI=1S/C20H30N4O3.ClH/c1-13(2)10-19(4,12-21)22-16(25)11-24-17(26)20(5,23-18(24)27)15-8-6-14(3)7-9-15;/h6-9,13H,10-12,21H2,1-5H3,(H,22,25)(H,23,27);1H. The topological polar surface area (TPSA) is 105 Å². The highest BCUT2D eigenvalue weighted by Gasteiger charge is 2.49. The lowest BCUT2D eigenvalue weighted by molar-refractivity contribution is -0.135. The van der Waals surface area contributed by atoms with E-state index in [9.17, 15) is 14.4 Å². The number of imide groups is 1. The first-order valence-electron chi connectivity index (χ1n) is 9.23. The van der Waals surface area contributed by atoms with Gasteiger partial charge in [0, 0.05) is 12.1 Å². The van der Waals surface area contributed by atoms with Gasteiger partial charge in [0.25, 0.3) is 5.91 Å². The largest absolute Gasteiger partial charge is 0.348 e. The predicted octanol–water partition coefficient (Wildman–Crippen LogP) is 2.06. The molecule has 0 aliphatic carbocycles. The predicted molar refractivity (Wildman–Crippen MR) is 111 cm³/mol. The summed E-state index contributed by atoms with van der Waals surface area (Å²) >= 11 is 0. The highest BCUT2D eigenvalue weighted by Crippen LogP contribution is 2.29. The Bertz CT molecular complexity index is 737. The first kappa shape index (κ1) is 23.9. The number of nitrogens with zero attached hydrogens (tertiary/aromatic N) is 1. The van der Waals surface area contributed by atoms with Gasteiger partial charge in [0.05, 0.1) is 0 Å². The molecule has 1 aromatic carbocycles. The summed E-state index contributed by atoms with van der Waals surface area (Å²) in [6.45, 7) is 9.50. The first-order valence-corrected chi connectivity index (χ1v) is 9.23. The van der Waals surface area contributed by atoms with Crippen LogP contribution in [0.4, 0.5) is 4.79 Å². The minimum Gasteiger partial charge on any atom is -0.348 e. The Morgan fingerprint density at radius 2 is 1.86 bits per heavy atom. The lowest BCUT2D eigenvalue weighted by atomic mass is 9.90. The molecule has 1 aromatic rings. The van der Waals surface area contributed by atoms with Gasteiger partial charge in [-0.2, -0.15) is 0 Å². The summed E-state index contributed by atoms with van der Waals surface area (Å²) in [6, 6.07) is 6.81. The summed E-state index contributed by atoms with van der Waals surface area (Å²) in [5.41, 5.74) is 5.80. The molecule has 0 aromatic heterocycles. The van der Waals surface area contributed by atoms with E-state index in [2.05, 4.69) is 10.6 Å². The summed E-state index contributed by atoms with van der Waals surface area (Å²) in [6.07, 6.45) is 0.705. The molecule has 156 valence electrons. The highest BCUT2D eigenvalue weighted by atomic mass is 35.5. The number of aryl methyl sites for hydroxylation is 1. The molecule has 2 rings (SSSR count). The van der Waals surface area contributed by atoms with Crippen LogP contribution in [0, 0.1) is 12.8 Å². The van der Waals surface area contributed by atoms with Crippen LogP contribution in [-0.2, 0) is 15.1 Å². The molecule has 28 heavy (non-hydrogen) atoms. The van der Waals surface area contributed by atoms with Crippen molar-refractivity contribution in [3.05, 3.63) is 35.4 Å². The van der Waals surface area contributed by atoms with Gasteiger partial charge in [0.1, 0.15) is 12.1 Å². The Balaban J connectivity index is 0.00000392. The maximum atomic E-state index is 12.9. The summed E-state index contributed by atoms with van der Waals surface area (Å²) in [5.74, 6) is -0.495. The van der Waals surface area contributed by atoms with E-state index in [1.807, 2.05) is 52.0 Å². The zero-order chi connectivity index (χ0) is 20.4. The van der Waals surface area contributed by atoms with Crippen LogP contribution in [0.3, 0.4) is 0 Å². The van der Waals surface area contributed by atoms with E-state index in [4.69, 9.17) is 5.73 Å². The molecular formula is C20H31ClN4O3. The smallest absolute Gasteiger partial charge is 0.325 e. The molecule has 0 spiro atoms. The molecule has 2 unspecified atom stereocenters. The fraction of sp³-hybridized carbons (Fsp3) is 0.550. The number of nitrogens with two attached hydrogens (primary N) is 1. The Kier molecular flexibility index (Phi) is 7.62. The molecular weight excluding hydrogens is 380 g/mol. The SMILES string of the molecule is Cc1ccc(C2(C)NC(=O)N(CC(=O)NC(C)(CN)CC(C)C)C2=O)cc1.Cl. The van der Waals surface area contributed by atoms with E-state index in [0.717, 1.165) is 10.5 Å². The van der Waals surface area contributed by atoms with Gasteiger partial charge in [-0.25, -0.2) is 4.79 Å². The van der Waals surface area contributed by atoms with Crippen molar-refractivity contribution in [1.82, 2.24) is 15.5 Å². The third-order valence-electron chi connectivity index (χ3n) is 4.96. The maximum absolute atomic E-state index is 12.9. The summed E-state index contributed by atoms with van der Waals surface area (Å²) < 4.78 is 0. The van der Waals surface area contributed by atoms with Crippen LogP contribution in [0.15, 0.2) is 24.3 Å². The highest BCUT2D eigenvalue weighted by molar-refractivity contribution is 6.09. The quantitative estimate of drug-likeness (QED) is 0.598. The average molecular weight is 411 g/mol. The van der Waals surface area contributed by atoms with Crippen molar-refractivity contribution >= 4 is 30.3 Å². The number of hydrogen-bond acceptors (Lipinski definition) is 4. The van der Waals surface area contributed by atoms with Gasteiger partial charge in [-0.05, 0) is 38.7 Å². The minimum absolute atomic E-state index is 0. The van der Waals surface area contributed by atoms with Crippen LogP contribution in [0.25, 0.3) is 0 Å². The van der Waals surface area contributed by atoms with Crippen LogP contribution < -0.4 is 16.4 Å².